The fourth-order valence-electron chi connectivity index (χ4n) is 5.51. The van der Waals surface area contributed by atoms with E-state index < -0.39 is 28.0 Å². The molecule has 2 fully saturated rings. The van der Waals surface area contributed by atoms with E-state index >= 15 is 0 Å². The molecule has 196 valence electrons. The second-order valence-electron chi connectivity index (χ2n) is 9.97. The third-order valence-corrected chi connectivity index (χ3v) is 8.77. The number of rotatable bonds is 8. The minimum Gasteiger partial charge on any atom is -0.494 e. The predicted molar refractivity (Wildman–Crippen MR) is 140 cm³/mol. The number of fused-ring (bicyclic) bond motifs is 1. The lowest BCUT2D eigenvalue weighted by Crippen LogP contribution is -2.45. The summed E-state index contributed by atoms with van der Waals surface area (Å²) in [6, 6.07) is 13.5. The SMILES string of the molecule is CCOc1cccc(S(=O)(=O)Nc2cccc(C(C3CC3)C3C(=O)OC4=CC=CCCCC4C3O)c2)c1. The van der Waals surface area contributed by atoms with Crippen LogP contribution in [0.15, 0.2) is 77.4 Å². The number of anilines is 1. The molecular weight excluding hydrogens is 490 g/mol. The largest absolute Gasteiger partial charge is 0.494 e. The molecule has 4 atom stereocenters. The maximum atomic E-state index is 13.2. The molecule has 0 aromatic heterocycles. The van der Waals surface area contributed by atoms with Crippen molar-refractivity contribution < 1.29 is 27.8 Å². The Labute approximate surface area is 218 Å². The third kappa shape index (κ3) is 5.60. The molecule has 5 rings (SSSR count). The van der Waals surface area contributed by atoms with E-state index in [-0.39, 0.29) is 22.6 Å². The molecule has 2 aliphatic carbocycles. The summed E-state index contributed by atoms with van der Waals surface area (Å²) in [6.07, 6.45) is 9.37. The summed E-state index contributed by atoms with van der Waals surface area (Å²) in [7, 11) is -3.86. The van der Waals surface area contributed by atoms with E-state index in [1.165, 1.54) is 12.1 Å². The van der Waals surface area contributed by atoms with Gasteiger partial charge in [-0.2, -0.15) is 0 Å². The number of carbonyl (C=O) groups is 1. The first-order valence-corrected chi connectivity index (χ1v) is 14.5. The fourth-order valence-corrected chi connectivity index (χ4v) is 6.60. The number of aliphatic hydroxyl groups excluding tert-OH is 1. The van der Waals surface area contributed by atoms with Crippen molar-refractivity contribution >= 4 is 21.7 Å². The first kappa shape index (κ1) is 25.5. The van der Waals surface area contributed by atoms with Crippen LogP contribution in [0.4, 0.5) is 5.69 Å². The lowest BCUT2D eigenvalue weighted by Gasteiger charge is -2.39. The highest BCUT2D eigenvalue weighted by Crippen LogP contribution is 2.51. The number of ether oxygens (including phenoxy) is 2. The van der Waals surface area contributed by atoms with Gasteiger partial charge in [-0.15, -0.1) is 0 Å². The Kier molecular flexibility index (Phi) is 7.40. The van der Waals surface area contributed by atoms with Gasteiger partial charge in [-0.25, -0.2) is 8.42 Å². The molecule has 0 amide bonds. The van der Waals surface area contributed by atoms with Gasteiger partial charge in [0.1, 0.15) is 11.5 Å². The number of hydrogen-bond acceptors (Lipinski definition) is 6. The Balaban J connectivity index is 1.42. The summed E-state index contributed by atoms with van der Waals surface area (Å²) < 4.78 is 40.1. The molecular formula is C29H33NO6S. The van der Waals surface area contributed by atoms with Crippen LogP contribution in [-0.2, 0) is 19.6 Å². The highest BCUT2D eigenvalue weighted by atomic mass is 32.2. The van der Waals surface area contributed by atoms with E-state index in [2.05, 4.69) is 4.72 Å². The Morgan fingerprint density at radius 3 is 2.73 bits per heavy atom. The van der Waals surface area contributed by atoms with E-state index in [1.54, 1.807) is 36.4 Å². The van der Waals surface area contributed by atoms with Gasteiger partial charge < -0.3 is 14.6 Å². The van der Waals surface area contributed by atoms with E-state index in [9.17, 15) is 18.3 Å². The minimum absolute atomic E-state index is 0.103. The van der Waals surface area contributed by atoms with Crippen molar-refractivity contribution in [2.75, 3.05) is 11.3 Å². The van der Waals surface area contributed by atoms with Crippen molar-refractivity contribution in [1.82, 2.24) is 0 Å². The Hall–Kier alpha value is -3.10. The van der Waals surface area contributed by atoms with E-state index in [4.69, 9.17) is 9.47 Å². The Morgan fingerprint density at radius 2 is 1.95 bits per heavy atom. The van der Waals surface area contributed by atoms with Crippen LogP contribution in [0.2, 0.25) is 0 Å². The van der Waals surface area contributed by atoms with Gasteiger partial charge in [0.15, 0.2) is 0 Å². The van der Waals surface area contributed by atoms with Crippen LogP contribution < -0.4 is 9.46 Å². The van der Waals surface area contributed by atoms with Crippen LogP contribution in [0.5, 0.6) is 5.75 Å². The number of sulfonamides is 1. The van der Waals surface area contributed by atoms with Gasteiger partial charge >= 0.3 is 5.97 Å². The van der Waals surface area contributed by atoms with Crippen LogP contribution in [0.3, 0.4) is 0 Å². The van der Waals surface area contributed by atoms with Gasteiger partial charge in [-0.1, -0.05) is 30.4 Å². The van der Waals surface area contributed by atoms with Gasteiger partial charge in [0.05, 0.1) is 23.5 Å². The molecule has 4 unspecified atom stereocenters. The molecule has 2 aromatic rings. The molecule has 2 aromatic carbocycles. The van der Waals surface area contributed by atoms with Crippen molar-refractivity contribution in [2.45, 2.75) is 55.9 Å². The van der Waals surface area contributed by atoms with Gasteiger partial charge in [-0.05, 0) is 80.9 Å². The standard InChI is InChI=1S/C29H33NO6S/c1-2-35-22-11-8-12-23(18-22)37(33,34)30-21-10-7-9-20(17-21)26(19-15-16-19)27-28(31)24-13-5-3-4-6-14-25(24)36-29(27)32/h4,6-12,14,17-19,24,26-28,30-31H,2-3,5,13,15-16H2,1H3. The molecule has 3 aliphatic rings. The zero-order valence-corrected chi connectivity index (χ0v) is 21.7. The van der Waals surface area contributed by atoms with Gasteiger partial charge in [0, 0.05) is 23.6 Å². The average molecular weight is 524 g/mol. The number of aliphatic hydroxyl groups is 1. The Bertz CT molecular complexity index is 1310. The van der Waals surface area contributed by atoms with Gasteiger partial charge in [0.2, 0.25) is 0 Å². The second-order valence-corrected chi connectivity index (χ2v) is 11.7. The van der Waals surface area contributed by atoms with E-state index in [0.717, 1.165) is 37.7 Å². The average Bonchev–Trinajstić information content (AvgIpc) is 3.68. The summed E-state index contributed by atoms with van der Waals surface area (Å²) in [5.74, 6) is -0.344. The lowest BCUT2D eigenvalue weighted by atomic mass is 9.72. The summed E-state index contributed by atoms with van der Waals surface area (Å²) in [5, 5.41) is 11.4. The smallest absolute Gasteiger partial charge is 0.317 e. The first-order valence-electron chi connectivity index (χ1n) is 13.0. The zero-order chi connectivity index (χ0) is 26.0. The third-order valence-electron chi connectivity index (χ3n) is 7.39. The van der Waals surface area contributed by atoms with Crippen molar-refractivity contribution in [3.63, 3.8) is 0 Å². The summed E-state index contributed by atoms with van der Waals surface area (Å²) in [5.41, 5.74) is 1.23. The number of allylic oxidation sites excluding steroid dienone is 3. The van der Waals surface area contributed by atoms with Gasteiger partial charge in [-0.3, -0.25) is 9.52 Å². The van der Waals surface area contributed by atoms with Crippen molar-refractivity contribution in [3.8, 4) is 5.75 Å². The molecule has 1 aliphatic heterocycles. The first-order chi connectivity index (χ1) is 17.9. The number of carbonyl (C=O) groups excluding carboxylic acids is 1. The molecule has 7 nitrogen and oxygen atoms in total. The Morgan fingerprint density at radius 1 is 1.14 bits per heavy atom. The molecule has 0 radical (unpaired) electrons. The molecule has 1 saturated heterocycles. The van der Waals surface area contributed by atoms with Crippen LogP contribution >= 0.6 is 0 Å². The van der Waals surface area contributed by atoms with Crippen molar-refractivity contribution in [3.05, 3.63) is 78.1 Å². The number of esters is 1. The maximum Gasteiger partial charge on any atom is 0.317 e. The highest BCUT2D eigenvalue weighted by Gasteiger charge is 2.50. The lowest BCUT2D eigenvalue weighted by molar-refractivity contribution is -0.160. The van der Waals surface area contributed by atoms with E-state index in [0.29, 0.717) is 23.8 Å². The molecule has 2 N–H and O–H groups in total. The second kappa shape index (κ2) is 10.7. The molecule has 1 saturated carbocycles. The van der Waals surface area contributed by atoms with Crippen LogP contribution in [-0.4, -0.2) is 32.2 Å². The topological polar surface area (TPSA) is 102 Å². The minimum atomic E-state index is -3.86. The fraction of sp³-hybridized carbons (Fsp3) is 0.414. The van der Waals surface area contributed by atoms with Crippen molar-refractivity contribution in [1.29, 1.82) is 0 Å². The van der Waals surface area contributed by atoms with Crippen molar-refractivity contribution in [2.24, 2.45) is 17.8 Å². The van der Waals surface area contributed by atoms with Crippen LogP contribution in [0.25, 0.3) is 0 Å². The molecule has 0 bridgehead atoms. The van der Waals surface area contributed by atoms with E-state index in [1.807, 2.05) is 25.1 Å². The molecule has 0 spiro atoms. The molecule has 1 heterocycles. The molecule has 8 heteroatoms. The molecule has 37 heavy (non-hydrogen) atoms. The van der Waals surface area contributed by atoms with Crippen LogP contribution in [0.1, 0.15) is 50.5 Å². The quantitative estimate of drug-likeness (QED) is 0.464. The van der Waals surface area contributed by atoms with Gasteiger partial charge in [0.25, 0.3) is 10.0 Å². The number of benzene rings is 2. The predicted octanol–water partition coefficient (Wildman–Crippen LogP) is 5.15. The number of nitrogens with one attached hydrogen (secondary N) is 1. The highest BCUT2D eigenvalue weighted by molar-refractivity contribution is 7.92. The van der Waals surface area contributed by atoms with Crippen LogP contribution in [0, 0.1) is 17.8 Å². The monoisotopic (exact) mass is 523 g/mol. The summed E-state index contributed by atoms with van der Waals surface area (Å²) in [6.45, 7) is 2.28. The summed E-state index contributed by atoms with van der Waals surface area (Å²) >= 11 is 0. The number of hydrogen-bond donors (Lipinski definition) is 2. The maximum absolute atomic E-state index is 13.2. The normalized spacial score (nSPS) is 24.6. The summed E-state index contributed by atoms with van der Waals surface area (Å²) in [4.78, 5) is 13.3. The zero-order valence-electron chi connectivity index (χ0n) is 20.9.